The Labute approximate surface area is 82.8 Å². The monoisotopic (exact) mass is 187 g/mol. The summed E-state index contributed by atoms with van der Waals surface area (Å²) in [7, 11) is 0. The van der Waals surface area contributed by atoms with E-state index in [0.717, 1.165) is 13.0 Å². The first kappa shape index (κ1) is 8.06. The maximum Gasteiger partial charge on any atom is 0.0773 e. The van der Waals surface area contributed by atoms with E-state index in [1.807, 2.05) is 0 Å². The molecular weight excluding hydrogens is 174 g/mol. The van der Waals surface area contributed by atoms with Gasteiger partial charge in [0.2, 0.25) is 0 Å². The summed E-state index contributed by atoms with van der Waals surface area (Å²) in [6.07, 6.45) is 0.614. The molecule has 2 nitrogen and oxygen atoms in total. The number of para-hydroxylation sites is 1. The van der Waals surface area contributed by atoms with Gasteiger partial charge in [-0.15, -0.1) is 0 Å². The van der Waals surface area contributed by atoms with Gasteiger partial charge in [-0.3, -0.25) is 0 Å². The summed E-state index contributed by atoms with van der Waals surface area (Å²) in [6, 6.07) is 8.54. The van der Waals surface area contributed by atoms with E-state index < -0.39 is 0 Å². The van der Waals surface area contributed by atoms with Crippen molar-refractivity contribution in [2.75, 3.05) is 0 Å². The summed E-state index contributed by atoms with van der Waals surface area (Å²) in [5, 5.41) is 10.9. The second-order valence-corrected chi connectivity index (χ2v) is 4.12. The van der Waals surface area contributed by atoms with Crippen LogP contribution in [0.2, 0.25) is 0 Å². The first-order valence-corrected chi connectivity index (χ1v) is 5.01. The zero-order chi connectivity index (χ0) is 9.71. The van der Waals surface area contributed by atoms with Crippen molar-refractivity contribution in [1.82, 2.24) is 4.57 Å². The van der Waals surface area contributed by atoms with E-state index in [9.17, 15) is 5.11 Å². The van der Waals surface area contributed by atoms with Crippen molar-refractivity contribution >= 4 is 10.9 Å². The second kappa shape index (κ2) is 2.61. The van der Waals surface area contributed by atoms with E-state index in [4.69, 9.17) is 0 Å². The number of aliphatic hydroxyl groups is 1. The summed E-state index contributed by atoms with van der Waals surface area (Å²) in [5.41, 5.74) is 3.85. The van der Waals surface area contributed by atoms with Crippen LogP contribution < -0.4 is 0 Å². The molecule has 0 amide bonds. The third-order valence-electron chi connectivity index (χ3n) is 3.05. The smallest absolute Gasteiger partial charge is 0.0773 e. The molecule has 1 N–H and O–H groups in total. The number of hydrogen-bond donors (Lipinski definition) is 1. The number of rotatable bonds is 0. The van der Waals surface area contributed by atoms with Crippen LogP contribution in [0, 0.1) is 6.92 Å². The van der Waals surface area contributed by atoms with Gasteiger partial charge >= 0.3 is 0 Å². The van der Waals surface area contributed by atoms with Crippen molar-refractivity contribution in [2.45, 2.75) is 26.0 Å². The van der Waals surface area contributed by atoms with E-state index >= 15 is 0 Å². The summed E-state index contributed by atoms with van der Waals surface area (Å²) < 4.78 is 2.25. The summed E-state index contributed by atoms with van der Waals surface area (Å²) in [4.78, 5) is 0. The zero-order valence-corrected chi connectivity index (χ0v) is 8.20. The fourth-order valence-electron chi connectivity index (χ4n) is 2.46. The predicted molar refractivity (Wildman–Crippen MR) is 56.4 cm³/mol. The second-order valence-electron chi connectivity index (χ2n) is 4.12. The molecule has 2 heterocycles. The lowest BCUT2D eigenvalue weighted by Gasteiger charge is -2.04. The molecule has 0 saturated heterocycles. The Morgan fingerprint density at radius 2 is 2.29 bits per heavy atom. The molecule has 0 radical (unpaired) electrons. The van der Waals surface area contributed by atoms with Crippen LogP contribution in [0.5, 0.6) is 0 Å². The Morgan fingerprint density at radius 1 is 1.43 bits per heavy atom. The first-order chi connectivity index (χ1) is 6.75. The Morgan fingerprint density at radius 3 is 3.14 bits per heavy atom. The lowest BCUT2D eigenvalue weighted by molar-refractivity contribution is 0.176. The number of nitrogens with zero attached hydrogens (tertiary/aromatic N) is 1. The molecule has 1 unspecified atom stereocenters. The van der Waals surface area contributed by atoms with Gasteiger partial charge in [-0.1, -0.05) is 18.2 Å². The molecule has 1 aliphatic rings. The maximum atomic E-state index is 9.57. The topological polar surface area (TPSA) is 25.2 Å². The number of hydrogen-bond acceptors (Lipinski definition) is 1. The van der Waals surface area contributed by atoms with Crippen molar-refractivity contribution < 1.29 is 5.11 Å². The van der Waals surface area contributed by atoms with Crippen LogP contribution in [0.4, 0.5) is 0 Å². The minimum Gasteiger partial charge on any atom is -0.391 e. The Bertz CT molecular complexity index is 498. The van der Waals surface area contributed by atoms with Crippen molar-refractivity contribution in [1.29, 1.82) is 0 Å². The van der Waals surface area contributed by atoms with Crippen LogP contribution in [0.1, 0.15) is 11.3 Å². The standard InChI is InChI=1S/C12H13NO/c1-8-3-2-4-9-5-10-6-11(14)7-13(10)12(8)9/h2-5,11,14H,6-7H2,1H3. The first-order valence-electron chi connectivity index (χ1n) is 5.01. The maximum absolute atomic E-state index is 9.57. The summed E-state index contributed by atoms with van der Waals surface area (Å²) in [6.45, 7) is 2.88. The zero-order valence-electron chi connectivity index (χ0n) is 8.20. The van der Waals surface area contributed by atoms with Crippen LogP contribution in [0.3, 0.4) is 0 Å². The van der Waals surface area contributed by atoms with Crippen LogP contribution >= 0.6 is 0 Å². The molecule has 0 saturated carbocycles. The molecule has 1 atom stereocenters. The minimum absolute atomic E-state index is 0.186. The van der Waals surface area contributed by atoms with Crippen LogP contribution in [0.25, 0.3) is 10.9 Å². The lowest BCUT2D eigenvalue weighted by Crippen LogP contribution is -2.07. The highest BCUT2D eigenvalue weighted by atomic mass is 16.3. The molecule has 14 heavy (non-hydrogen) atoms. The molecular formula is C12H13NO. The highest BCUT2D eigenvalue weighted by molar-refractivity contribution is 5.84. The van der Waals surface area contributed by atoms with Crippen molar-refractivity contribution in [3.05, 3.63) is 35.5 Å². The van der Waals surface area contributed by atoms with Crippen LogP contribution in [-0.4, -0.2) is 15.8 Å². The van der Waals surface area contributed by atoms with Gasteiger partial charge < -0.3 is 9.67 Å². The van der Waals surface area contributed by atoms with E-state index in [-0.39, 0.29) is 6.10 Å². The Balaban J connectivity index is 2.35. The minimum atomic E-state index is -0.186. The number of aryl methyl sites for hydroxylation is 1. The van der Waals surface area contributed by atoms with E-state index in [1.165, 1.54) is 22.2 Å². The van der Waals surface area contributed by atoms with Gasteiger partial charge in [0.05, 0.1) is 11.6 Å². The van der Waals surface area contributed by atoms with Gasteiger partial charge in [0.25, 0.3) is 0 Å². The Kier molecular flexibility index (Phi) is 1.50. The molecule has 1 aromatic heterocycles. The van der Waals surface area contributed by atoms with E-state index in [1.54, 1.807) is 0 Å². The van der Waals surface area contributed by atoms with Gasteiger partial charge in [0.15, 0.2) is 0 Å². The van der Waals surface area contributed by atoms with E-state index in [0.29, 0.717) is 0 Å². The SMILES string of the molecule is Cc1cccc2cc3n(c12)CC(O)C3. The average molecular weight is 187 g/mol. The van der Waals surface area contributed by atoms with Gasteiger partial charge in [-0.25, -0.2) is 0 Å². The third-order valence-corrected chi connectivity index (χ3v) is 3.05. The molecule has 1 aromatic carbocycles. The summed E-state index contributed by atoms with van der Waals surface area (Å²) in [5.74, 6) is 0. The average Bonchev–Trinajstić information content (AvgIpc) is 2.60. The number of aromatic nitrogens is 1. The van der Waals surface area contributed by atoms with Crippen molar-refractivity contribution in [3.8, 4) is 0 Å². The molecule has 72 valence electrons. The van der Waals surface area contributed by atoms with Gasteiger partial charge in [-0.05, 0) is 18.6 Å². The largest absolute Gasteiger partial charge is 0.391 e. The molecule has 2 aromatic rings. The summed E-state index contributed by atoms with van der Waals surface area (Å²) >= 11 is 0. The number of benzene rings is 1. The fourth-order valence-corrected chi connectivity index (χ4v) is 2.46. The molecule has 1 aliphatic heterocycles. The quantitative estimate of drug-likeness (QED) is 0.669. The van der Waals surface area contributed by atoms with Gasteiger partial charge in [0, 0.05) is 24.0 Å². The molecule has 0 bridgehead atoms. The predicted octanol–water partition coefficient (Wildman–Crippen LogP) is 1.87. The van der Waals surface area contributed by atoms with Gasteiger partial charge in [-0.2, -0.15) is 0 Å². The van der Waals surface area contributed by atoms with E-state index in [2.05, 4.69) is 35.8 Å². The van der Waals surface area contributed by atoms with Crippen LogP contribution in [0.15, 0.2) is 24.3 Å². The fraction of sp³-hybridized carbons (Fsp3) is 0.333. The molecule has 0 aliphatic carbocycles. The molecule has 3 rings (SSSR count). The highest BCUT2D eigenvalue weighted by Crippen LogP contribution is 2.28. The molecule has 0 fully saturated rings. The molecule has 0 spiro atoms. The van der Waals surface area contributed by atoms with Gasteiger partial charge in [0.1, 0.15) is 0 Å². The Hall–Kier alpha value is -1.28. The van der Waals surface area contributed by atoms with Crippen LogP contribution in [-0.2, 0) is 13.0 Å². The number of fused-ring (bicyclic) bond motifs is 3. The molecule has 2 heteroatoms. The van der Waals surface area contributed by atoms with Crippen molar-refractivity contribution in [3.63, 3.8) is 0 Å². The normalized spacial score (nSPS) is 20.3. The van der Waals surface area contributed by atoms with Crippen molar-refractivity contribution in [2.24, 2.45) is 0 Å². The highest BCUT2D eigenvalue weighted by Gasteiger charge is 2.21. The lowest BCUT2D eigenvalue weighted by atomic mass is 10.1. The third kappa shape index (κ3) is 0.946. The number of aliphatic hydroxyl groups excluding tert-OH is 1.